The first kappa shape index (κ1) is 18.6. The van der Waals surface area contributed by atoms with E-state index >= 15 is 0 Å². The Labute approximate surface area is 149 Å². The number of nitrogens with one attached hydrogen (secondary N) is 1. The van der Waals surface area contributed by atoms with Gasteiger partial charge in [-0.1, -0.05) is 0 Å². The summed E-state index contributed by atoms with van der Waals surface area (Å²) in [5.74, 6) is -0.849. The van der Waals surface area contributed by atoms with Gasteiger partial charge in [0.2, 0.25) is 0 Å². The molecular formula is C18H15N3O5. The molecule has 0 aliphatic carbocycles. The standard InChI is InChI=1S/C18H15N3O5/c1-25-17(23)11-26-15-6-3-12(4-7-15)16(22)10-21-18(24)13-2-5-14(8-19)20-9-13/h2-7,9H,10-11H2,1H3,(H,21,24). The van der Waals surface area contributed by atoms with Gasteiger partial charge in [0, 0.05) is 11.8 Å². The minimum absolute atomic E-state index is 0.193. The van der Waals surface area contributed by atoms with Gasteiger partial charge in [0.1, 0.15) is 17.5 Å². The van der Waals surface area contributed by atoms with Gasteiger partial charge in [-0.3, -0.25) is 9.59 Å². The van der Waals surface area contributed by atoms with Gasteiger partial charge in [-0.15, -0.1) is 0 Å². The Morgan fingerprint density at radius 2 is 1.81 bits per heavy atom. The molecule has 0 fully saturated rings. The molecule has 1 heterocycles. The molecule has 1 amide bonds. The van der Waals surface area contributed by atoms with E-state index in [-0.39, 0.29) is 30.2 Å². The summed E-state index contributed by atoms with van der Waals surface area (Å²) < 4.78 is 9.64. The van der Waals surface area contributed by atoms with E-state index in [1.54, 1.807) is 12.1 Å². The lowest BCUT2D eigenvalue weighted by molar-refractivity contribution is -0.142. The van der Waals surface area contributed by atoms with Crippen LogP contribution in [0.2, 0.25) is 0 Å². The van der Waals surface area contributed by atoms with Crippen molar-refractivity contribution in [2.45, 2.75) is 0 Å². The van der Waals surface area contributed by atoms with Crippen LogP contribution in [0.1, 0.15) is 26.4 Å². The van der Waals surface area contributed by atoms with Crippen molar-refractivity contribution < 1.29 is 23.9 Å². The van der Waals surface area contributed by atoms with Gasteiger partial charge >= 0.3 is 5.97 Å². The minimum atomic E-state index is -0.509. The van der Waals surface area contributed by atoms with Crippen molar-refractivity contribution in [3.05, 3.63) is 59.4 Å². The number of aromatic nitrogens is 1. The number of benzene rings is 1. The second-order valence-electron chi connectivity index (χ2n) is 5.04. The van der Waals surface area contributed by atoms with Crippen molar-refractivity contribution in [1.82, 2.24) is 10.3 Å². The highest BCUT2D eigenvalue weighted by Gasteiger charge is 2.11. The molecule has 1 N–H and O–H groups in total. The van der Waals surface area contributed by atoms with E-state index in [4.69, 9.17) is 10.00 Å². The van der Waals surface area contributed by atoms with Crippen LogP contribution in [0.25, 0.3) is 0 Å². The van der Waals surface area contributed by atoms with Gasteiger partial charge in [-0.25, -0.2) is 9.78 Å². The molecule has 132 valence electrons. The highest BCUT2D eigenvalue weighted by molar-refractivity contribution is 6.02. The molecule has 0 spiro atoms. The molecule has 0 aliphatic rings. The van der Waals surface area contributed by atoms with Crippen LogP contribution in [-0.2, 0) is 9.53 Å². The number of nitriles is 1. The summed E-state index contributed by atoms with van der Waals surface area (Å²) in [5.41, 5.74) is 0.837. The monoisotopic (exact) mass is 353 g/mol. The fourth-order valence-corrected chi connectivity index (χ4v) is 1.90. The normalized spacial score (nSPS) is 9.69. The lowest BCUT2D eigenvalue weighted by atomic mass is 10.1. The highest BCUT2D eigenvalue weighted by Crippen LogP contribution is 2.12. The number of ketones is 1. The van der Waals surface area contributed by atoms with Crippen molar-refractivity contribution >= 4 is 17.7 Å². The van der Waals surface area contributed by atoms with E-state index in [2.05, 4.69) is 15.0 Å². The quantitative estimate of drug-likeness (QED) is 0.585. The smallest absolute Gasteiger partial charge is 0.343 e. The number of Topliss-reactive ketones (excluding diaryl/α,β-unsaturated/α-hetero) is 1. The average Bonchev–Trinajstić information content (AvgIpc) is 2.70. The molecule has 1 aromatic carbocycles. The Morgan fingerprint density at radius 1 is 1.12 bits per heavy atom. The zero-order valence-corrected chi connectivity index (χ0v) is 13.9. The van der Waals surface area contributed by atoms with Gasteiger partial charge in [-0.05, 0) is 36.4 Å². The van der Waals surface area contributed by atoms with Crippen LogP contribution in [0.3, 0.4) is 0 Å². The first-order valence-electron chi connectivity index (χ1n) is 7.50. The van der Waals surface area contributed by atoms with Gasteiger partial charge in [-0.2, -0.15) is 5.26 Å². The number of pyridine rings is 1. The fourth-order valence-electron chi connectivity index (χ4n) is 1.90. The molecule has 0 aliphatic heterocycles. The number of nitrogens with zero attached hydrogens (tertiary/aromatic N) is 2. The van der Waals surface area contributed by atoms with E-state index in [0.717, 1.165) is 0 Å². The first-order chi connectivity index (χ1) is 12.5. The van der Waals surface area contributed by atoms with Crippen LogP contribution in [0.4, 0.5) is 0 Å². The summed E-state index contributed by atoms with van der Waals surface area (Å²) >= 11 is 0. The number of hydrogen-bond acceptors (Lipinski definition) is 7. The van der Waals surface area contributed by atoms with E-state index in [1.807, 2.05) is 6.07 Å². The van der Waals surface area contributed by atoms with Crippen LogP contribution in [-0.4, -0.2) is 42.9 Å². The molecule has 8 nitrogen and oxygen atoms in total. The summed E-state index contributed by atoms with van der Waals surface area (Å²) in [6.45, 7) is -0.417. The Hall–Kier alpha value is -3.73. The number of ether oxygens (including phenoxy) is 2. The number of methoxy groups -OCH3 is 1. The van der Waals surface area contributed by atoms with Crippen molar-refractivity contribution in [2.24, 2.45) is 0 Å². The van der Waals surface area contributed by atoms with Gasteiger partial charge in [0.25, 0.3) is 5.91 Å². The average molecular weight is 353 g/mol. The molecule has 0 saturated carbocycles. The summed E-state index contributed by atoms with van der Waals surface area (Å²) in [7, 11) is 1.26. The SMILES string of the molecule is COC(=O)COc1ccc(C(=O)CNC(=O)c2ccc(C#N)nc2)cc1. The topological polar surface area (TPSA) is 118 Å². The summed E-state index contributed by atoms with van der Waals surface area (Å²) in [6, 6.07) is 10.9. The number of amides is 1. The molecule has 0 unspecified atom stereocenters. The molecule has 2 aromatic rings. The van der Waals surface area contributed by atoms with Crippen LogP contribution in [0, 0.1) is 11.3 Å². The van der Waals surface area contributed by atoms with Crippen LogP contribution >= 0.6 is 0 Å². The number of rotatable bonds is 7. The first-order valence-corrected chi connectivity index (χ1v) is 7.50. The molecule has 0 atom stereocenters. The Balaban J connectivity index is 1.87. The molecule has 26 heavy (non-hydrogen) atoms. The lowest BCUT2D eigenvalue weighted by Crippen LogP contribution is -2.29. The molecule has 8 heteroatoms. The van der Waals surface area contributed by atoms with Crippen LogP contribution < -0.4 is 10.1 Å². The Bertz CT molecular complexity index is 839. The maximum absolute atomic E-state index is 12.1. The molecule has 0 saturated heterocycles. The molecule has 0 bridgehead atoms. The maximum Gasteiger partial charge on any atom is 0.343 e. The summed E-state index contributed by atoms with van der Waals surface area (Å²) in [5, 5.41) is 11.2. The van der Waals surface area contributed by atoms with Crippen molar-refractivity contribution in [2.75, 3.05) is 20.3 Å². The molecular weight excluding hydrogens is 338 g/mol. The van der Waals surface area contributed by atoms with Gasteiger partial charge in [0.05, 0.1) is 19.2 Å². The number of esters is 1. The van der Waals surface area contributed by atoms with E-state index < -0.39 is 11.9 Å². The Kier molecular flexibility index (Phi) is 6.40. The summed E-state index contributed by atoms with van der Waals surface area (Å²) in [6.07, 6.45) is 1.27. The molecule has 2 rings (SSSR count). The van der Waals surface area contributed by atoms with E-state index in [0.29, 0.717) is 11.3 Å². The van der Waals surface area contributed by atoms with Gasteiger partial charge in [0.15, 0.2) is 12.4 Å². The fraction of sp³-hybridized carbons (Fsp3) is 0.167. The largest absolute Gasteiger partial charge is 0.482 e. The van der Waals surface area contributed by atoms with Gasteiger partial charge < -0.3 is 14.8 Å². The lowest BCUT2D eigenvalue weighted by Gasteiger charge is -2.07. The maximum atomic E-state index is 12.1. The second kappa shape index (κ2) is 8.94. The van der Waals surface area contributed by atoms with Crippen molar-refractivity contribution in [1.29, 1.82) is 5.26 Å². The number of hydrogen-bond donors (Lipinski definition) is 1. The van der Waals surface area contributed by atoms with E-state index in [9.17, 15) is 14.4 Å². The zero-order chi connectivity index (χ0) is 18.9. The third-order valence-corrected chi connectivity index (χ3v) is 3.31. The highest BCUT2D eigenvalue weighted by atomic mass is 16.6. The van der Waals surface area contributed by atoms with E-state index in [1.165, 1.54) is 37.6 Å². The predicted octanol–water partition coefficient (Wildman–Crippen LogP) is 1.12. The molecule has 1 aromatic heterocycles. The predicted molar refractivity (Wildman–Crippen MR) is 89.6 cm³/mol. The number of carbonyl (C=O) groups is 3. The second-order valence-corrected chi connectivity index (χ2v) is 5.04. The summed E-state index contributed by atoms with van der Waals surface area (Å²) in [4.78, 5) is 38.9. The minimum Gasteiger partial charge on any atom is -0.482 e. The third-order valence-electron chi connectivity index (χ3n) is 3.31. The van der Waals surface area contributed by atoms with Crippen molar-refractivity contribution in [3.63, 3.8) is 0 Å². The van der Waals surface area contributed by atoms with Crippen LogP contribution in [0.15, 0.2) is 42.6 Å². The third kappa shape index (κ3) is 5.14. The van der Waals surface area contributed by atoms with Crippen LogP contribution in [0.5, 0.6) is 5.75 Å². The number of carbonyl (C=O) groups excluding carboxylic acids is 3. The molecule has 0 radical (unpaired) electrons. The van der Waals surface area contributed by atoms with Crippen molar-refractivity contribution in [3.8, 4) is 11.8 Å². The Morgan fingerprint density at radius 3 is 2.38 bits per heavy atom. The zero-order valence-electron chi connectivity index (χ0n) is 13.9.